The van der Waals surface area contributed by atoms with E-state index in [-0.39, 0.29) is 5.75 Å². The van der Waals surface area contributed by atoms with Crippen LogP contribution in [0.5, 0.6) is 5.75 Å². The van der Waals surface area contributed by atoms with Crippen LogP contribution in [0.3, 0.4) is 0 Å². The van der Waals surface area contributed by atoms with Crippen molar-refractivity contribution in [3.63, 3.8) is 0 Å². The van der Waals surface area contributed by atoms with E-state index >= 15 is 0 Å². The summed E-state index contributed by atoms with van der Waals surface area (Å²) in [6.07, 6.45) is 6.87. The molecule has 0 saturated carbocycles. The zero-order valence-electron chi connectivity index (χ0n) is 19.0. The molecular formula is C26H23ClN6O2. The zero-order chi connectivity index (χ0) is 24.4. The van der Waals surface area contributed by atoms with Gasteiger partial charge < -0.3 is 25.3 Å². The summed E-state index contributed by atoms with van der Waals surface area (Å²) in [6.45, 7) is 2.80. The average molecular weight is 487 g/mol. The number of amides is 1. The van der Waals surface area contributed by atoms with Crippen LogP contribution in [-0.2, 0) is 13.0 Å². The number of carbonyl (C=O) groups excluding carboxylic acids is 1. The first kappa shape index (κ1) is 22.5. The summed E-state index contributed by atoms with van der Waals surface area (Å²) in [5, 5.41) is 4.91. The quantitative estimate of drug-likeness (QED) is 0.265. The molecule has 0 aliphatic rings. The normalized spacial score (nSPS) is 11.0. The second kappa shape index (κ2) is 9.52. The molecule has 3 heterocycles. The maximum Gasteiger partial charge on any atom is 0.410 e. The molecule has 176 valence electrons. The van der Waals surface area contributed by atoms with Gasteiger partial charge in [0.2, 0.25) is 0 Å². The molecule has 4 N–H and O–H groups in total. The number of hydrogen-bond acceptors (Lipinski definition) is 5. The summed E-state index contributed by atoms with van der Waals surface area (Å²) in [7, 11) is 0. The van der Waals surface area contributed by atoms with Gasteiger partial charge >= 0.3 is 6.09 Å². The molecule has 9 heteroatoms. The van der Waals surface area contributed by atoms with Gasteiger partial charge in [0, 0.05) is 40.7 Å². The summed E-state index contributed by atoms with van der Waals surface area (Å²) in [6, 6.07) is 15.6. The predicted molar refractivity (Wildman–Crippen MR) is 137 cm³/mol. The number of anilines is 2. The van der Waals surface area contributed by atoms with E-state index in [4.69, 9.17) is 22.1 Å². The maximum atomic E-state index is 11.6. The highest BCUT2D eigenvalue weighted by atomic mass is 35.5. The van der Waals surface area contributed by atoms with Gasteiger partial charge in [-0.05, 0) is 47.4 Å². The number of fused-ring (bicyclic) bond motifs is 1. The Bertz CT molecular complexity index is 1490. The van der Waals surface area contributed by atoms with E-state index in [1.807, 2.05) is 53.2 Å². The fraction of sp³-hybridized carbons (Fsp3) is 0.115. The Morgan fingerprint density at radius 2 is 2.06 bits per heavy atom. The first-order valence-corrected chi connectivity index (χ1v) is 11.5. The number of benzene rings is 2. The Morgan fingerprint density at radius 3 is 2.77 bits per heavy atom. The van der Waals surface area contributed by atoms with Crippen molar-refractivity contribution in [3.05, 3.63) is 89.6 Å². The van der Waals surface area contributed by atoms with Gasteiger partial charge in [0.25, 0.3) is 0 Å². The van der Waals surface area contributed by atoms with E-state index in [9.17, 15) is 4.79 Å². The lowest BCUT2D eigenvalue weighted by Gasteiger charge is -2.18. The summed E-state index contributed by atoms with van der Waals surface area (Å²) >= 11 is 6.05. The Kier molecular flexibility index (Phi) is 6.12. The number of primary amides is 1. The first-order valence-electron chi connectivity index (χ1n) is 11.1. The van der Waals surface area contributed by atoms with Crippen molar-refractivity contribution in [2.75, 3.05) is 5.32 Å². The number of imidazole rings is 1. The molecule has 0 saturated heterocycles. The third kappa shape index (κ3) is 4.69. The van der Waals surface area contributed by atoms with Crippen molar-refractivity contribution < 1.29 is 9.53 Å². The van der Waals surface area contributed by atoms with Crippen molar-refractivity contribution in [1.82, 2.24) is 19.5 Å². The van der Waals surface area contributed by atoms with Gasteiger partial charge in [0.05, 0.1) is 18.2 Å². The fourth-order valence-electron chi connectivity index (χ4n) is 4.19. The fourth-order valence-corrected chi connectivity index (χ4v) is 4.31. The molecular weight excluding hydrogens is 464 g/mol. The van der Waals surface area contributed by atoms with Gasteiger partial charge in [-0.3, -0.25) is 0 Å². The second-order valence-electron chi connectivity index (χ2n) is 8.03. The minimum Gasteiger partial charge on any atom is -0.407 e. The van der Waals surface area contributed by atoms with Gasteiger partial charge in [-0.1, -0.05) is 42.8 Å². The number of aromatic nitrogens is 4. The van der Waals surface area contributed by atoms with Crippen LogP contribution < -0.4 is 15.8 Å². The number of nitrogens with zero attached hydrogens (tertiary/aromatic N) is 3. The van der Waals surface area contributed by atoms with Crippen molar-refractivity contribution >= 4 is 40.1 Å². The molecule has 0 bridgehead atoms. The van der Waals surface area contributed by atoms with Crippen LogP contribution in [0.2, 0.25) is 5.02 Å². The van der Waals surface area contributed by atoms with Gasteiger partial charge in [0.1, 0.15) is 5.65 Å². The number of aromatic amines is 1. The van der Waals surface area contributed by atoms with Crippen molar-refractivity contribution in [2.24, 2.45) is 5.73 Å². The zero-order valence-corrected chi connectivity index (χ0v) is 19.7. The molecule has 35 heavy (non-hydrogen) atoms. The Morgan fingerprint density at radius 1 is 1.23 bits per heavy atom. The Hall–Kier alpha value is -4.30. The third-order valence-corrected chi connectivity index (χ3v) is 6.04. The molecule has 0 radical (unpaired) electrons. The van der Waals surface area contributed by atoms with Crippen molar-refractivity contribution in [3.8, 4) is 17.0 Å². The lowest BCUT2D eigenvalue weighted by molar-refractivity contribution is 0.211. The third-order valence-electron chi connectivity index (χ3n) is 5.79. The number of hydrogen-bond donors (Lipinski definition) is 3. The van der Waals surface area contributed by atoms with Crippen LogP contribution in [-0.4, -0.2) is 25.6 Å². The van der Waals surface area contributed by atoms with Crippen molar-refractivity contribution in [1.29, 1.82) is 0 Å². The molecule has 5 aromatic rings. The summed E-state index contributed by atoms with van der Waals surface area (Å²) in [5.74, 6) is 0.244. The van der Waals surface area contributed by atoms with E-state index in [0.717, 1.165) is 39.9 Å². The monoisotopic (exact) mass is 486 g/mol. The topological polar surface area (TPSA) is 111 Å². The lowest BCUT2D eigenvalue weighted by atomic mass is 10.0. The molecule has 0 unspecified atom stereocenters. The second-order valence-corrected chi connectivity index (χ2v) is 8.46. The predicted octanol–water partition coefficient (Wildman–Crippen LogP) is 5.89. The number of halogens is 1. The number of nitrogens with two attached hydrogens (primary N) is 1. The minimum atomic E-state index is -0.910. The van der Waals surface area contributed by atoms with Crippen LogP contribution in [0.4, 0.5) is 16.2 Å². The highest BCUT2D eigenvalue weighted by Gasteiger charge is 2.18. The van der Waals surface area contributed by atoms with E-state index in [1.165, 1.54) is 6.20 Å². The molecule has 8 nitrogen and oxygen atoms in total. The van der Waals surface area contributed by atoms with E-state index < -0.39 is 6.09 Å². The number of carbonyl (C=O) groups is 1. The minimum absolute atomic E-state index is 0.244. The summed E-state index contributed by atoms with van der Waals surface area (Å²) in [5.41, 5.74) is 11.6. The maximum absolute atomic E-state index is 11.6. The summed E-state index contributed by atoms with van der Waals surface area (Å²) < 4.78 is 7.34. The highest BCUT2D eigenvalue weighted by Crippen LogP contribution is 2.38. The largest absolute Gasteiger partial charge is 0.410 e. The molecule has 0 aliphatic heterocycles. The Labute approximate surface area is 206 Å². The molecule has 0 atom stereocenters. The number of rotatable bonds is 7. The van der Waals surface area contributed by atoms with E-state index in [0.29, 0.717) is 22.9 Å². The van der Waals surface area contributed by atoms with Crippen LogP contribution >= 0.6 is 11.6 Å². The molecule has 0 spiro atoms. The van der Waals surface area contributed by atoms with Crippen molar-refractivity contribution in [2.45, 2.75) is 19.9 Å². The van der Waals surface area contributed by atoms with E-state index in [2.05, 4.69) is 33.3 Å². The highest BCUT2D eigenvalue weighted by molar-refractivity contribution is 6.30. The SMILES string of the molecule is CCc1c(Cn2ccnc2)cccc1Nc1c(OC(N)=O)cnc2[nH]c(-c3ccc(Cl)cc3)cc12. The van der Waals surface area contributed by atoms with Crippen LogP contribution in [0.15, 0.2) is 73.4 Å². The molecule has 1 amide bonds. The molecule has 3 aromatic heterocycles. The van der Waals surface area contributed by atoms with Crippen LogP contribution in [0.25, 0.3) is 22.3 Å². The molecule has 0 fully saturated rings. The number of H-pyrrole nitrogens is 1. The van der Waals surface area contributed by atoms with Gasteiger partial charge in [-0.2, -0.15) is 0 Å². The standard InChI is InChI=1S/C26H23ClN6O2/c1-2-19-17(14-33-11-10-29-15-33)4-3-5-21(19)31-24-20-12-22(16-6-8-18(27)9-7-16)32-25(20)30-13-23(24)35-26(28)34/h3-13,15H,2,14H2,1H3,(H2,28,34)(H2,30,31,32). The smallest absolute Gasteiger partial charge is 0.407 e. The number of nitrogens with one attached hydrogen (secondary N) is 2. The summed E-state index contributed by atoms with van der Waals surface area (Å²) in [4.78, 5) is 23.6. The van der Waals surface area contributed by atoms with E-state index in [1.54, 1.807) is 12.5 Å². The molecule has 2 aromatic carbocycles. The van der Waals surface area contributed by atoms with Gasteiger partial charge in [-0.25, -0.2) is 14.8 Å². The molecule has 5 rings (SSSR count). The molecule has 0 aliphatic carbocycles. The number of pyridine rings is 1. The first-order chi connectivity index (χ1) is 17.0. The lowest BCUT2D eigenvalue weighted by Crippen LogP contribution is -2.17. The average Bonchev–Trinajstić information content (AvgIpc) is 3.51. The van der Waals surface area contributed by atoms with Gasteiger partial charge in [0.15, 0.2) is 5.75 Å². The van der Waals surface area contributed by atoms with Gasteiger partial charge in [-0.15, -0.1) is 0 Å². The Balaban J connectivity index is 1.60. The van der Waals surface area contributed by atoms with Crippen LogP contribution in [0.1, 0.15) is 18.1 Å². The number of ether oxygens (including phenoxy) is 1. The van der Waals surface area contributed by atoms with Crippen LogP contribution in [0, 0.1) is 0 Å².